The number of H-pyrrole nitrogens is 1. The van der Waals surface area contributed by atoms with Crippen LogP contribution in [0.25, 0.3) is 10.9 Å². The molecule has 7 N–H and O–H groups in total. The van der Waals surface area contributed by atoms with E-state index in [2.05, 4.69) is 25.3 Å². The first-order valence-electron chi connectivity index (χ1n) is 13.6. The van der Waals surface area contributed by atoms with Crippen LogP contribution in [0.2, 0.25) is 0 Å². The molecule has 2 aromatic heterocycles. The number of fused-ring (bicyclic) bond motifs is 1. The number of carboxylic acids is 1. The van der Waals surface area contributed by atoms with Gasteiger partial charge in [-0.15, -0.1) is 0 Å². The highest BCUT2D eigenvalue weighted by atomic mass is 32.2. The Bertz CT molecular complexity index is 1790. The number of carboxylic acid groups (broad SMARTS) is 1. The topological polar surface area (TPSA) is 201 Å². The molecule has 4 aromatic rings. The third-order valence-corrected chi connectivity index (χ3v) is 8.66. The summed E-state index contributed by atoms with van der Waals surface area (Å²) >= 11 is 0. The fourth-order valence-corrected chi connectivity index (χ4v) is 6.65. The van der Waals surface area contributed by atoms with Gasteiger partial charge in [-0.2, -0.15) is 4.72 Å². The lowest BCUT2D eigenvalue weighted by Gasteiger charge is -2.19. The molecule has 0 saturated carbocycles. The van der Waals surface area contributed by atoms with Crippen LogP contribution in [0.3, 0.4) is 0 Å². The summed E-state index contributed by atoms with van der Waals surface area (Å²) < 4.78 is 30.2. The largest absolute Gasteiger partial charge is 0.480 e. The SMILES string of the molecule is Cc1cc(C)c(S(=O)(=O)NC(CNC(=O)c2cn(CCCN)c3cc(CNc4ncc[nH]4)ccc3c2=O)C(=O)O)c(C)c1. The third kappa shape index (κ3) is 7.28. The lowest BCUT2D eigenvalue weighted by atomic mass is 10.1. The number of aromatic amines is 1. The van der Waals surface area contributed by atoms with Gasteiger partial charge in [-0.3, -0.25) is 14.4 Å². The standard InChI is InChI=1S/C29H35N7O6S/c1-17-11-18(2)26(19(3)12-17)43(41,42)35-23(28(39)40)15-33-27(38)22-16-36(10-4-7-30)24-13-20(5-6-21(24)25(22)37)14-34-29-31-8-9-32-29/h5-6,8-9,11-13,16,23,35H,4,7,10,14-15,30H2,1-3H3,(H,33,38)(H,39,40)(H2,31,32,34). The minimum Gasteiger partial charge on any atom is -0.480 e. The number of aliphatic carboxylic acids is 1. The first-order chi connectivity index (χ1) is 20.4. The lowest BCUT2D eigenvalue weighted by molar-refractivity contribution is -0.138. The van der Waals surface area contributed by atoms with Crippen LogP contribution in [0.4, 0.5) is 5.95 Å². The molecule has 2 heterocycles. The van der Waals surface area contributed by atoms with E-state index in [0.717, 1.165) is 11.1 Å². The number of carbonyl (C=O) groups excluding carboxylic acids is 1. The molecule has 0 aliphatic heterocycles. The average molecular weight is 610 g/mol. The summed E-state index contributed by atoms with van der Waals surface area (Å²) in [6.07, 6.45) is 5.31. The number of aromatic nitrogens is 3. The Morgan fingerprint density at radius 1 is 1.14 bits per heavy atom. The molecule has 0 radical (unpaired) electrons. The Balaban J connectivity index is 1.58. The van der Waals surface area contributed by atoms with E-state index in [1.165, 1.54) is 6.20 Å². The zero-order chi connectivity index (χ0) is 31.3. The van der Waals surface area contributed by atoms with E-state index >= 15 is 0 Å². The predicted molar refractivity (Wildman–Crippen MR) is 163 cm³/mol. The van der Waals surface area contributed by atoms with Gasteiger partial charge in [0.2, 0.25) is 15.5 Å². The number of pyridine rings is 1. The molecule has 0 aliphatic rings. The highest BCUT2D eigenvalue weighted by Crippen LogP contribution is 2.22. The molecule has 0 saturated heterocycles. The number of carbonyl (C=O) groups is 2. The van der Waals surface area contributed by atoms with E-state index in [4.69, 9.17) is 5.73 Å². The van der Waals surface area contributed by atoms with Crippen LogP contribution in [0, 0.1) is 20.8 Å². The van der Waals surface area contributed by atoms with Crippen molar-refractivity contribution >= 4 is 38.8 Å². The molecule has 0 bridgehead atoms. The fraction of sp³-hybridized carbons (Fsp3) is 0.310. The summed E-state index contributed by atoms with van der Waals surface area (Å²) in [5.74, 6) is -1.72. The zero-order valence-corrected chi connectivity index (χ0v) is 24.9. The number of benzene rings is 2. The number of anilines is 1. The number of hydrogen-bond acceptors (Lipinski definition) is 8. The summed E-state index contributed by atoms with van der Waals surface area (Å²) in [4.78, 5) is 45.6. The van der Waals surface area contributed by atoms with Gasteiger partial charge in [0.15, 0.2) is 5.95 Å². The zero-order valence-electron chi connectivity index (χ0n) is 24.1. The Morgan fingerprint density at radius 3 is 2.49 bits per heavy atom. The number of imidazole rings is 1. The van der Waals surface area contributed by atoms with Crippen molar-refractivity contribution in [2.75, 3.05) is 18.4 Å². The third-order valence-electron chi connectivity index (χ3n) is 6.89. The molecule has 1 atom stereocenters. The van der Waals surface area contributed by atoms with Crippen LogP contribution in [0.15, 0.2) is 58.6 Å². The van der Waals surface area contributed by atoms with Crippen LogP contribution < -0.4 is 26.5 Å². The first kappa shape index (κ1) is 31.4. The normalized spacial score (nSPS) is 12.3. The number of nitrogens with one attached hydrogen (secondary N) is 4. The number of amides is 1. The molecule has 14 heteroatoms. The van der Waals surface area contributed by atoms with Gasteiger partial charge in [-0.05, 0) is 62.6 Å². The molecule has 4 rings (SSSR count). The number of nitrogens with zero attached hydrogens (tertiary/aromatic N) is 2. The number of sulfonamides is 1. The van der Waals surface area contributed by atoms with Gasteiger partial charge in [0.1, 0.15) is 11.6 Å². The van der Waals surface area contributed by atoms with E-state index in [9.17, 15) is 27.9 Å². The summed E-state index contributed by atoms with van der Waals surface area (Å²) in [6.45, 7) is 5.74. The van der Waals surface area contributed by atoms with Gasteiger partial charge < -0.3 is 31.0 Å². The molecule has 0 aliphatic carbocycles. The summed E-state index contributed by atoms with van der Waals surface area (Å²) in [7, 11) is -4.24. The number of hydrogen-bond donors (Lipinski definition) is 6. The second-order valence-corrected chi connectivity index (χ2v) is 12.0. The lowest BCUT2D eigenvalue weighted by Crippen LogP contribution is -2.49. The van der Waals surface area contributed by atoms with Crippen LogP contribution in [-0.2, 0) is 27.9 Å². The van der Waals surface area contributed by atoms with E-state index in [1.54, 1.807) is 55.1 Å². The Labute approximate surface area is 248 Å². The van der Waals surface area contributed by atoms with E-state index < -0.39 is 39.9 Å². The fourth-order valence-electron chi connectivity index (χ4n) is 5.01. The van der Waals surface area contributed by atoms with Gasteiger partial charge in [0.25, 0.3) is 5.91 Å². The second kappa shape index (κ2) is 13.2. The van der Waals surface area contributed by atoms with Crippen LogP contribution in [-0.4, -0.2) is 59.1 Å². The Hall–Kier alpha value is -4.53. The van der Waals surface area contributed by atoms with Gasteiger partial charge >= 0.3 is 5.97 Å². The van der Waals surface area contributed by atoms with Gasteiger partial charge in [-0.25, -0.2) is 13.4 Å². The molecule has 2 aromatic carbocycles. The number of aryl methyl sites for hydroxylation is 4. The van der Waals surface area contributed by atoms with Crippen LogP contribution in [0.1, 0.15) is 39.0 Å². The van der Waals surface area contributed by atoms with E-state index in [0.29, 0.717) is 54.0 Å². The van der Waals surface area contributed by atoms with Crippen molar-refractivity contribution < 1.29 is 23.1 Å². The molecule has 1 amide bonds. The van der Waals surface area contributed by atoms with E-state index in [-0.39, 0.29) is 10.5 Å². The van der Waals surface area contributed by atoms with Crippen molar-refractivity contribution in [2.24, 2.45) is 5.73 Å². The first-order valence-corrected chi connectivity index (χ1v) is 15.1. The minimum atomic E-state index is -4.24. The van der Waals surface area contributed by atoms with Crippen molar-refractivity contribution in [1.82, 2.24) is 24.6 Å². The minimum absolute atomic E-state index is 0.0216. The highest BCUT2D eigenvalue weighted by Gasteiger charge is 2.29. The summed E-state index contributed by atoms with van der Waals surface area (Å²) in [5, 5.41) is 15.6. The highest BCUT2D eigenvalue weighted by molar-refractivity contribution is 7.89. The van der Waals surface area contributed by atoms with Crippen LogP contribution in [0.5, 0.6) is 0 Å². The monoisotopic (exact) mass is 609 g/mol. The molecule has 0 fully saturated rings. The Morgan fingerprint density at radius 2 is 1.86 bits per heavy atom. The average Bonchev–Trinajstić information content (AvgIpc) is 3.46. The Kier molecular flexibility index (Phi) is 9.63. The number of nitrogens with two attached hydrogens (primary N) is 1. The molecule has 228 valence electrons. The molecular weight excluding hydrogens is 574 g/mol. The van der Waals surface area contributed by atoms with Crippen molar-refractivity contribution in [3.63, 3.8) is 0 Å². The maximum atomic E-state index is 13.4. The van der Waals surface area contributed by atoms with Crippen molar-refractivity contribution in [3.8, 4) is 0 Å². The van der Waals surface area contributed by atoms with Gasteiger partial charge in [-0.1, -0.05) is 23.8 Å². The van der Waals surface area contributed by atoms with E-state index in [1.807, 2.05) is 13.0 Å². The summed E-state index contributed by atoms with van der Waals surface area (Å²) in [5.41, 5.74) is 8.25. The second-order valence-electron chi connectivity index (χ2n) is 10.3. The smallest absolute Gasteiger partial charge is 0.323 e. The maximum absolute atomic E-state index is 13.4. The van der Waals surface area contributed by atoms with Crippen molar-refractivity contribution in [2.45, 2.75) is 51.2 Å². The molecule has 1 unspecified atom stereocenters. The maximum Gasteiger partial charge on any atom is 0.323 e. The summed E-state index contributed by atoms with van der Waals surface area (Å²) in [6, 6.07) is 6.93. The van der Waals surface area contributed by atoms with Crippen LogP contribution >= 0.6 is 0 Å². The van der Waals surface area contributed by atoms with Gasteiger partial charge in [0.05, 0.1) is 10.4 Å². The van der Waals surface area contributed by atoms with Gasteiger partial charge in [0, 0.05) is 43.6 Å². The van der Waals surface area contributed by atoms with Crippen molar-refractivity contribution in [1.29, 1.82) is 0 Å². The molecule has 43 heavy (non-hydrogen) atoms. The quantitative estimate of drug-likeness (QED) is 0.131. The predicted octanol–water partition coefficient (Wildman–Crippen LogP) is 1.77. The number of rotatable bonds is 13. The van der Waals surface area contributed by atoms with Crippen molar-refractivity contribution in [3.05, 3.63) is 87.0 Å². The molecule has 13 nitrogen and oxygen atoms in total. The molecule has 0 spiro atoms. The molecular formula is C29H35N7O6S.